The Morgan fingerprint density at radius 2 is 1.73 bits per heavy atom. The Kier molecular flexibility index (Phi) is 8.86. The number of piperidine rings is 1. The van der Waals surface area contributed by atoms with E-state index >= 15 is 0 Å². The number of methoxy groups -OCH3 is 1. The van der Waals surface area contributed by atoms with Crippen LogP contribution in [0.4, 0.5) is 28.8 Å². The molecule has 2 aromatic carbocycles. The van der Waals surface area contributed by atoms with Crippen molar-refractivity contribution >= 4 is 52.9 Å². The van der Waals surface area contributed by atoms with Crippen LogP contribution >= 0.6 is 18.7 Å². The second kappa shape index (κ2) is 12.4. The lowest BCUT2D eigenvalue weighted by Gasteiger charge is -2.42. The van der Waals surface area contributed by atoms with Gasteiger partial charge in [0.05, 0.1) is 24.7 Å². The van der Waals surface area contributed by atoms with Gasteiger partial charge >= 0.3 is 1.43 Å². The van der Waals surface area contributed by atoms with Gasteiger partial charge in [-0.15, -0.1) is 0 Å². The van der Waals surface area contributed by atoms with Crippen molar-refractivity contribution in [1.82, 2.24) is 19.8 Å². The number of nitrogens with zero attached hydrogens (tertiary/aromatic N) is 5. The average molecular weight is 585 g/mol. The van der Waals surface area contributed by atoms with E-state index in [-0.39, 0.29) is 1.43 Å². The summed E-state index contributed by atoms with van der Waals surface area (Å²) in [6.45, 7) is 10.2. The minimum atomic E-state index is -2.50. The van der Waals surface area contributed by atoms with Crippen LogP contribution in [0.3, 0.4) is 0 Å². The van der Waals surface area contributed by atoms with Gasteiger partial charge in [0.25, 0.3) is 0 Å². The first-order valence-corrected chi connectivity index (χ1v) is 16.8. The third kappa shape index (κ3) is 6.72. The number of aromatic nitrogens is 2. The van der Waals surface area contributed by atoms with Gasteiger partial charge in [-0.2, -0.15) is 4.98 Å². The molecule has 2 saturated heterocycles. The summed E-state index contributed by atoms with van der Waals surface area (Å²) in [6.07, 6.45) is 3.90. The maximum atomic E-state index is 12.8. The molecule has 0 aliphatic carbocycles. The van der Waals surface area contributed by atoms with Crippen molar-refractivity contribution in [3.63, 3.8) is 0 Å². The fourth-order valence-corrected chi connectivity index (χ4v) is 6.76. The number of rotatable bonds is 8. The third-order valence-electron chi connectivity index (χ3n) is 7.80. The number of para-hydroxylation sites is 1. The van der Waals surface area contributed by atoms with Gasteiger partial charge in [-0.25, -0.2) is 4.98 Å². The number of ether oxygens (including phenoxy) is 1. The summed E-state index contributed by atoms with van der Waals surface area (Å²) >= 11 is 6.43. The van der Waals surface area contributed by atoms with Crippen molar-refractivity contribution < 1.29 is 10.7 Å². The van der Waals surface area contributed by atoms with Crippen molar-refractivity contribution in [2.75, 3.05) is 82.3 Å². The molecule has 2 fully saturated rings. The van der Waals surface area contributed by atoms with Crippen molar-refractivity contribution in [3.05, 3.63) is 53.7 Å². The van der Waals surface area contributed by atoms with Crippen LogP contribution < -0.4 is 25.6 Å². The van der Waals surface area contributed by atoms with E-state index in [0.29, 0.717) is 28.5 Å². The summed E-state index contributed by atoms with van der Waals surface area (Å²) in [5.41, 5.74) is 2.62. The van der Waals surface area contributed by atoms with Gasteiger partial charge in [0.2, 0.25) is 5.95 Å². The molecule has 2 N–H and O–H groups in total. The second-order valence-electron chi connectivity index (χ2n) is 11.0. The number of piperazine rings is 1. The lowest BCUT2D eigenvalue weighted by Crippen LogP contribution is -2.52. The van der Waals surface area contributed by atoms with Gasteiger partial charge in [0.1, 0.15) is 17.9 Å². The molecule has 214 valence electrons. The van der Waals surface area contributed by atoms with Crippen LogP contribution in [0.5, 0.6) is 5.75 Å². The molecule has 3 aromatic rings. The molecule has 0 atom stereocenters. The number of halogens is 1. The van der Waals surface area contributed by atoms with Crippen LogP contribution in [0.1, 0.15) is 14.3 Å². The molecule has 0 radical (unpaired) electrons. The molecule has 0 bridgehead atoms. The second-order valence-corrected chi connectivity index (χ2v) is 14.5. The average Bonchev–Trinajstić information content (AvgIpc) is 2.95. The van der Waals surface area contributed by atoms with Gasteiger partial charge in [0.15, 0.2) is 5.82 Å². The highest BCUT2D eigenvalue weighted by atomic mass is 35.5. The number of anilines is 5. The monoisotopic (exact) mass is 584 g/mol. The Balaban J connectivity index is 0.00000387. The zero-order valence-corrected chi connectivity index (χ0v) is 25.4. The standard InChI is InChI=1S/C29H39ClN7O2P/c1-35-15-17-37(18-16-35)21-11-13-36(14-12-21)22-9-10-24(26(19-22)39-2)33-29-31-20-23(30)28(34-29)32-25-7-5-6-8-27(25)40(3,4)38/h5-10,19-21H,11-18H2,1-4H3,(H2,31,32,33,34)/p+1. The topological polar surface area (TPSA) is 85.9 Å². The summed E-state index contributed by atoms with van der Waals surface area (Å²) in [6, 6.07) is 14.4. The molecule has 2 aliphatic heterocycles. The van der Waals surface area contributed by atoms with Gasteiger partial charge in [-0.05, 0) is 57.5 Å². The molecule has 0 amide bonds. The van der Waals surface area contributed by atoms with Crippen LogP contribution in [-0.4, -0.2) is 92.6 Å². The van der Waals surface area contributed by atoms with Gasteiger partial charge in [-0.3, -0.25) is 4.90 Å². The Bertz CT molecular complexity index is 1380. The fraction of sp³-hybridized carbons (Fsp3) is 0.448. The van der Waals surface area contributed by atoms with E-state index in [4.69, 9.17) is 16.3 Å². The van der Waals surface area contributed by atoms with E-state index in [9.17, 15) is 4.57 Å². The van der Waals surface area contributed by atoms with Gasteiger partial charge in [-0.1, -0.05) is 23.7 Å². The molecular weight excluding hydrogens is 545 g/mol. The highest BCUT2D eigenvalue weighted by molar-refractivity contribution is 7.70. The molecule has 3 heterocycles. The molecular formula is C29H40ClN7O2P+. The number of likely N-dealkylation sites (N-methyl/N-ethyl adjacent to an activating group) is 1. The van der Waals surface area contributed by atoms with Crippen molar-refractivity contribution in [2.24, 2.45) is 0 Å². The van der Waals surface area contributed by atoms with E-state index in [1.807, 2.05) is 30.3 Å². The first kappa shape index (κ1) is 28.7. The number of nitrogens with one attached hydrogen (secondary N) is 2. The van der Waals surface area contributed by atoms with E-state index in [1.165, 1.54) is 25.9 Å². The van der Waals surface area contributed by atoms with E-state index < -0.39 is 7.14 Å². The van der Waals surface area contributed by atoms with Crippen LogP contribution in [0.15, 0.2) is 48.7 Å². The van der Waals surface area contributed by atoms with Crippen molar-refractivity contribution in [2.45, 2.75) is 18.9 Å². The van der Waals surface area contributed by atoms with E-state index in [1.54, 1.807) is 26.6 Å². The molecule has 9 nitrogen and oxygen atoms in total. The smallest absolute Gasteiger partial charge is 0.494 e. The Morgan fingerprint density at radius 3 is 2.42 bits per heavy atom. The molecule has 0 spiro atoms. The Morgan fingerprint density at radius 1 is 1.00 bits per heavy atom. The summed E-state index contributed by atoms with van der Waals surface area (Å²) in [5, 5.41) is 7.63. The maximum Gasteiger partial charge on any atom is 1.00 e. The molecule has 5 rings (SSSR count). The van der Waals surface area contributed by atoms with Gasteiger partial charge in [0, 0.05) is 62.4 Å². The third-order valence-corrected chi connectivity index (χ3v) is 9.62. The van der Waals surface area contributed by atoms with Crippen LogP contribution in [0.2, 0.25) is 5.02 Å². The van der Waals surface area contributed by atoms with Gasteiger partial charge < -0.3 is 29.7 Å². The lowest BCUT2D eigenvalue weighted by atomic mass is 10.0. The molecule has 0 saturated carbocycles. The summed E-state index contributed by atoms with van der Waals surface area (Å²) in [5.74, 6) is 1.52. The number of benzene rings is 2. The van der Waals surface area contributed by atoms with Crippen LogP contribution in [0, 0.1) is 0 Å². The minimum Gasteiger partial charge on any atom is -0.494 e. The lowest BCUT2D eigenvalue weighted by molar-refractivity contribution is 0.0982. The first-order valence-electron chi connectivity index (χ1n) is 13.8. The van der Waals surface area contributed by atoms with Crippen molar-refractivity contribution in [3.8, 4) is 5.75 Å². The van der Waals surface area contributed by atoms with E-state index in [0.717, 1.165) is 48.6 Å². The minimum absolute atomic E-state index is 0. The summed E-state index contributed by atoms with van der Waals surface area (Å²) in [7, 11) is 1.37. The molecule has 40 heavy (non-hydrogen) atoms. The SMILES string of the molecule is COc1cc(N2CCC(N3CCN(C)CC3)CC2)ccc1Nc1ncc(Cl)c(Nc2ccccc2P(C)(C)=O)n1.[H+]. The fourth-order valence-electron chi connectivity index (χ4n) is 5.47. The van der Waals surface area contributed by atoms with Crippen LogP contribution in [-0.2, 0) is 4.57 Å². The predicted molar refractivity (Wildman–Crippen MR) is 168 cm³/mol. The maximum absolute atomic E-state index is 12.8. The number of hydrogen-bond donors (Lipinski definition) is 2. The largest absolute Gasteiger partial charge is 1.00 e. The normalized spacial score (nSPS) is 17.6. The Hall–Kier alpha value is -2.84. The zero-order chi connectivity index (χ0) is 28.3. The quantitative estimate of drug-likeness (QED) is 0.347. The summed E-state index contributed by atoms with van der Waals surface area (Å²) in [4.78, 5) is 16.5. The predicted octanol–water partition coefficient (Wildman–Crippen LogP) is 5.20. The van der Waals surface area contributed by atoms with Crippen LogP contribution in [0.25, 0.3) is 0 Å². The number of hydrogen-bond acceptors (Lipinski definition) is 9. The van der Waals surface area contributed by atoms with E-state index in [2.05, 4.69) is 54.5 Å². The summed E-state index contributed by atoms with van der Waals surface area (Å²) < 4.78 is 18.5. The molecule has 11 heteroatoms. The highest BCUT2D eigenvalue weighted by Gasteiger charge is 2.27. The zero-order valence-electron chi connectivity index (χ0n) is 24.7. The Labute approximate surface area is 243 Å². The molecule has 1 aromatic heterocycles. The molecule has 2 aliphatic rings. The molecule has 0 unspecified atom stereocenters. The first-order chi connectivity index (χ1) is 19.2. The highest BCUT2D eigenvalue weighted by Crippen LogP contribution is 2.39. The van der Waals surface area contributed by atoms with Crippen molar-refractivity contribution in [1.29, 1.82) is 0 Å².